The van der Waals surface area contributed by atoms with E-state index in [-0.39, 0.29) is 12.1 Å². The van der Waals surface area contributed by atoms with Gasteiger partial charge in [0.05, 0.1) is 0 Å². The summed E-state index contributed by atoms with van der Waals surface area (Å²) in [4.78, 5) is 0. The quantitative estimate of drug-likeness (QED) is 0.319. The zero-order valence-electron chi connectivity index (χ0n) is 18.8. The second-order valence-electron chi connectivity index (χ2n) is 9.60. The molecule has 0 amide bonds. The van der Waals surface area contributed by atoms with Crippen molar-refractivity contribution in [3.8, 4) is 11.1 Å². The van der Waals surface area contributed by atoms with Crippen LogP contribution in [0.15, 0.2) is 84.9 Å². The Bertz CT molecular complexity index is 1370. The Morgan fingerprint density at radius 1 is 0.676 bits per heavy atom. The summed E-state index contributed by atoms with van der Waals surface area (Å²) >= 11 is 12.9. The van der Waals surface area contributed by atoms with Gasteiger partial charge in [0.25, 0.3) is 0 Å². The molecular formula is C30H26Cl2N2. The molecule has 0 spiro atoms. The minimum Gasteiger partial charge on any atom is -0.324 e. The fourth-order valence-electron chi connectivity index (χ4n) is 6.02. The van der Waals surface area contributed by atoms with Gasteiger partial charge in [-0.25, -0.2) is 0 Å². The Morgan fingerprint density at radius 2 is 1.29 bits per heavy atom. The minimum atomic E-state index is -0.413. The van der Waals surface area contributed by atoms with Crippen molar-refractivity contribution in [1.82, 2.24) is 0 Å². The van der Waals surface area contributed by atoms with E-state index in [1.807, 2.05) is 24.3 Å². The summed E-state index contributed by atoms with van der Waals surface area (Å²) in [5, 5.41) is 1.43. The third kappa shape index (κ3) is 3.40. The van der Waals surface area contributed by atoms with Gasteiger partial charge in [-0.05, 0) is 100 Å². The molecule has 4 aromatic rings. The average molecular weight is 485 g/mol. The normalized spacial score (nSPS) is 20.2. The fourth-order valence-corrected chi connectivity index (χ4v) is 6.40. The first kappa shape index (κ1) is 21.9. The van der Waals surface area contributed by atoms with E-state index in [0.717, 1.165) is 30.4 Å². The van der Waals surface area contributed by atoms with E-state index in [1.165, 1.54) is 33.4 Å². The number of hydrogen-bond donors (Lipinski definition) is 2. The first-order valence-corrected chi connectivity index (χ1v) is 12.5. The molecule has 4 heteroatoms. The van der Waals surface area contributed by atoms with Crippen molar-refractivity contribution < 1.29 is 0 Å². The zero-order chi connectivity index (χ0) is 23.4. The number of halogens is 2. The molecule has 0 radical (unpaired) electrons. The van der Waals surface area contributed by atoms with E-state index in [1.54, 1.807) is 0 Å². The van der Waals surface area contributed by atoms with Gasteiger partial charge in [-0.1, -0.05) is 71.7 Å². The molecular weight excluding hydrogens is 459 g/mol. The van der Waals surface area contributed by atoms with Crippen molar-refractivity contribution in [2.75, 3.05) is 0 Å². The van der Waals surface area contributed by atoms with Crippen LogP contribution in [0, 0.1) is 0 Å². The van der Waals surface area contributed by atoms with Gasteiger partial charge in [0.2, 0.25) is 0 Å². The first-order valence-electron chi connectivity index (χ1n) is 11.8. The lowest BCUT2D eigenvalue weighted by atomic mass is 9.70. The monoisotopic (exact) mass is 484 g/mol. The van der Waals surface area contributed by atoms with Crippen LogP contribution in [0.25, 0.3) is 11.1 Å². The third-order valence-corrected chi connectivity index (χ3v) is 8.15. The summed E-state index contributed by atoms with van der Waals surface area (Å²) in [6.45, 7) is 0. The number of fused-ring (bicyclic) bond motifs is 2. The molecule has 0 fully saturated rings. The Kier molecular flexibility index (Phi) is 5.31. The van der Waals surface area contributed by atoms with Crippen molar-refractivity contribution >= 4 is 23.2 Å². The average Bonchev–Trinajstić information content (AvgIpc) is 3.36. The van der Waals surface area contributed by atoms with Crippen LogP contribution in [-0.4, -0.2) is 0 Å². The van der Waals surface area contributed by atoms with Crippen LogP contribution in [0.1, 0.15) is 58.3 Å². The second kappa shape index (κ2) is 8.25. The third-order valence-electron chi connectivity index (χ3n) is 7.68. The van der Waals surface area contributed by atoms with Crippen LogP contribution in [-0.2, 0) is 11.8 Å². The van der Waals surface area contributed by atoms with Crippen LogP contribution in [0.4, 0.5) is 0 Å². The summed E-state index contributed by atoms with van der Waals surface area (Å²) in [6, 6.07) is 29.7. The number of aryl methyl sites for hydroxylation is 1. The van der Waals surface area contributed by atoms with E-state index in [4.69, 9.17) is 34.7 Å². The molecule has 2 unspecified atom stereocenters. The Labute approximate surface area is 210 Å². The highest BCUT2D eigenvalue weighted by molar-refractivity contribution is 6.31. The van der Waals surface area contributed by atoms with E-state index >= 15 is 0 Å². The maximum Gasteiger partial charge on any atom is 0.0473 e. The highest BCUT2D eigenvalue weighted by atomic mass is 35.5. The molecule has 34 heavy (non-hydrogen) atoms. The predicted octanol–water partition coefficient (Wildman–Crippen LogP) is 7.34. The molecule has 2 aliphatic rings. The topological polar surface area (TPSA) is 52.0 Å². The zero-order valence-corrected chi connectivity index (χ0v) is 20.3. The minimum absolute atomic E-state index is 0.107. The van der Waals surface area contributed by atoms with Gasteiger partial charge in [0.15, 0.2) is 0 Å². The lowest BCUT2D eigenvalue weighted by Gasteiger charge is -2.33. The van der Waals surface area contributed by atoms with Gasteiger partial charge >= 0.3 is 0 Å². The second-order valence-corrected chi connectivity index (χ2v) is 10.5. The number of hydrogen-bond acceptors (Lipinski definition) is 2. The Morgan fingerprint density at radius 3 is 1.94 bits per heavy atom. The highest BCUT2D eigenvalue weighted by Crippen LogP contribution is 2.53. The fraction of sp³-hybridized carbons (Fsp3) is 0.200. The largest absolute Gasteiger partial charge is 0.324 e. The highest BCUT2D eigenvalue weighted by Gasteiger charge is 2.45. The van der Waals surface area contributed by atoms with Crippen LogP contribution < -0.4 is 11.5 Å². The molecule has 0 saturated carbocycles. The molecule has 0 heterocycles. The Hall–Kier alpha value is -2.62. The van der Waals surface area contributed by atoms with Gasteiger partial charge in [0, 0.05) is 27.5 Å². The predicted molar refractivity (Wildman–Crippen MR) is 141 cm³/mol. The van der Waals surface area contributed by atoms with Crippen LogP contribution in [0.3, 0.4) is 0 Å². The molecule has 4 N–H and O–H groups in total. The molecule has 0 bridgehead atoms. The molecule has 0 saturated heterocycles. The number of rotatable bonds is 3. The molecule has 2 nitrogen and oxygen atoms in total. The molecule has 170 valence electrons. The van der Waals surface area contributed by atoms with E-state index in [9.17, 15) is 0 Å². The lowest BCUT2D eigenvalue weighted by molar-refractivity contribution is 0.550. The van der Waals surface area contributed by atoms with Crippen molar-refractivity contribution in [3.05, 3.63) is 128 Å². The van der Waals surface area contributed by atoms with Crippen molar-refractivity contribution in [2.24, 2.45) is 11.5 Å². The van der Waals surface area contributed by atoms with Crippen molar-refractivity contribution in [2.45, 2.75) is 36.8 Å². The SMILES string of the molecule is NC1CCc2ccc(-c3ccc4c(c3)C(N)CC4(c3cccc(Cl)c3)c3cccc(Cl)c3)cc21. The molecule has 2 atom stereocenters. The molecule has 0 aromatic heterocycles. The van der Waals surface area contributed by atoms with Crippen molar-refractivity contribution in [1.29, 1.82) is 0 Å². The van der Waals surface area contributed by atoms with Crippen LogP contribution >= 0.6 is 23.2 Å². The summed E-state index contributed by atoms with van der Waals surface area (Å²) in [5.41, 5.74) is 22.4. The summed E-state index contributed by atoms with van der Waals surface area (Å²) in [7, 11) is 0. The van der Waals surface area contributed by atoms with Crippen LogP contribution in [0.2, 0.25) is 10.0 Å². The van der Waals surface area contributed by atoms with E-state index < -0.39 is 5.41 Å². The van der Waals surface area contributed by atoms with Crippen LogP contribution in [0.5, 0.6) is 0 Å². The maximum atomic E-state index is 6.85. The van der Waals surface area contributed by atoms with E-state index in [0.29, 0.717) is 10.0 Å². The standard InChI is InChI=1S/C30H26Cl2N2/c31-23-5-1-3-21(15-23)30(22-4-2-6-24(32)16-22)17-29(34)26-14-20(9-11-27(26)30)19-8-7-18-10-12-28(33)25(18)13-19/h1-9,11,13-16,28-29H,10,12,17,33-34H2. The van der Waals surface area contributed by atoms with Crippen molar-refractivity contribution in [3.63, 3.8) is 0 Å². The van der Waals surface area contributed by atoms with Gasteiger partial charge < -0.3 is 11.5 Å². The van der Waals surface area contributed by atoms with Gasteiger partial charge in [-0.15, -0.1) is 0 Å². The van der Waals surface area contributed by atoms with Gasteiger partial charge in [-0.3, -0.25) is 0 Å². The summed E-state index contributed by atoms with van der Waals surface area (Å²) < 4.78 is 0. The number of nitrogens with two attached hydrogens (primary N) is 2. The molecule has 4 aromatic carbocycles. The van der Waals surface area contributed by atoms with Gasteiger partial charge in [-0.2, -0.15) is 0 Å². The molecule has 0 aliphatic heterocycles. The summed E-state index contributed by atoms with van der Waals surface area (Å²) in [5.74, 6) is 0. The Balaban J connectivity index is 1.54. The maximum absolute atomic E-state index is 6.85. The lowest BCUT2D eigenvalue weighted by Crippen LogP contribution is -2.27. The van der Waals surface area contributed by atoms with Gasteiger partial charge in [0.1, 0.15) is 0 Å². The smallest absolute Gasteiger partial charge is 0.0473 e. The molecule has 2 aliphatic carbocycles. The number of benzene rings is 4. The molecule has 6 rings (SSSR count). The first-order chi connectivity index (χ1) is 16.5. The van der Waals surface area contributed by atoms with E-state index in [2.05, 4.69) is 60.7 Å². The summed E-state index contributed by atoms with van der Waals surface area (Å²) in [6.07, 6.45) is 2.84.